The fraction of sp³-hybridized carbons (Fsp3) is 0.476. The molecule has 1 aromatic carbocycles. The number of carboxylic acid groups (broad SMARTS) is 1. The van der Waals surface area contributed by atoms with Crippen LogP contribution in [-0.2, 0) is 25.8 Å². The number of fused-ring (bicyclic) bond motifs is 2. The molecule has 2 aromatic rings. The predicted molar refractivity (Wildman–Crippen MR) is 106 cm³/mol. The fourth-order valence-corrected chi connectivity index (χ4v) is 5.73. The van der Waals surface area contributed by atoms with Crippen LogP contribution in [0.1, 0.15) is 52.2 Å². The number of nitrogens with zero attached hydrogens (tertiary/aromatic N) is 1. The van der Waals surface area contributed by atoms with Gasteiger partial charge in [-0.15, -0.1) is 11.3 Å². The van der Waals surface area contributed by atoms with Gasteiger partial charge in [0.15, 0.2) is 0 Å². The molecule has 0 saturated heterocycles. The van der Waals surface area contributed by atoms with E-state index in [1.54, 1.807) is 11.3 Å². The molecule has 3 N–H and O–H groups in total. The summed E-state index contributed by atoms with van der Waals surface area (Å²) in [7, 11) is 0. The van der Waals surface area contributed by atoms with E-state index < -0.39 is 5.97 Å². The monoisotopic (exact) mass is 370 g/mol. The van der Waals surface area contributed by atoms with Crippen LogP contribution in [-0.4, -0.2) is 29.2 Å². The first-order chi connectivity index (χ1) is 12.4. The van der Waals surface area contributed by atoms with Gasteiger partial charge in [-0.3, -0.25) is 4.90 Å². The molecule has 26 heavy (non-hydrogen) atoms. The van der Waals surface area contributed by atoms with Gasteiger partial charge in [0, 0.05) is 29.5 Å². The van der Waals surface area contributed by atoms with Crippen molar-refractivity contribution in [1.82, 2.24) is 4.90 Å². The number of benzene rings is 1. The molecule has 4 nitrogen and oxygen atoms in total. The molecule has 4 rings (SSSR count). The molecule has 0 atom stereocenters. The topological polar surface area (TPSA) is 66.6 Å². The van der Waals surface area contributed by atoms with E-state index in [1.807, 2.05) is 0 Å². The van der Waals surface area contributed by atoms with Gasteiger partial charge in [-0.25, -0.2) is 4.79 Å². The number of carboxylic acids is 1. The lowest BCUT2D eigenvalue weighted by molar-refractivity contribution is 0.0696. The Morgan fingerprint density at radius 2 is 2.12 bits per heavy atom. The van der Waals surface area contributed by atoms with E-state index in [4.69, 9.17) is 5.73 Å². The summed E-state index contributed by atoms with van der Waals surface area (Å²) in [4.78, 5) is 16.6. The summed E-state index contributed by atoms with van der Waals surface area (Å²) in [5.41, 5.74) is 11.3. The minimum absolute atomic E-state index is 0.174. The lowest BCUT2D eigenvalue weighted by atomic mass is 9.75. The van der Waals surface area contributed by atoms with Gasteiger partial charge >= 0.3 is 5.97 Å². The third kappa shape index (κ3) is 2.98. The first-order valence-corrected chi connectivity index (χ1v) is 10.1. The van der Waals surface area contributed by atoms with E-state index in [1.165, 1.54) is 16.0 Å². The Morgan fingerprint density at radius 1 is 1.31 bits per heavy atom. The Balaban J connectivity index is 1.85. The highest BCUT2D eigenvalue weighted by Gasteiger charge is 2.33. The average molecular weight is 371 g/mol. The van der Waals surface area contributed by atoms with E-state index in [9.17, 15) is 9.90 Å². The zero-order valence-corrected chi connectivity index (χ0v) is 16.3. The van der Waals surface area contributed by atoms with E-state index >= 15 is 0 Å². The van der Waals surface area contributed by atoms with Crippen molar-refractivity contribution in [1.29, 1.82) is 0 Å². The van der Waals surface area contributed by atoms with Gasteiger partial charge in [0.1, 0.15) is 0 Å². The Labute approximate surface area is 158 Å². The first kappa shape index (κ1) is 17.7. The Morgan fingerprint density at radius 3 is 2.85 bits per heavy atom. The van der Waals surface area contributed by atoms with E-state index in [-0.39, 0.29) is 5.41 Å². The zero-order chi connectivity index (χ0) is 18.5. The second kappa shape index (κ2) is 6.48. The number of rotatable bonds is 3. The minimum atomic E-state index is -0.785. The minimum Gasteiger partial charge on any atom is -0.478 e. The molecular formula is C21H26N2O2S. The molecule has 0 saturated carbocycles. The lowest BCUT2D eigenvalue weighted by Gasteiger charge is -2.29. The van der Waals surface area contributed by atoms with Crippen LogP contribution in [0.5, 0.6) is 0 Å². The maximum Gasteiger partial charge on any atom is 0.337 e. The second-order valence-corrected chi connectivity index (χ2v) is 9.39. The van der Waals surface area contributed by atoms with Gasteiger partial charge in [-0.05, 0) is 53.4 Å². The largest absolute Gasteiger partial charge is 0.478 e. The van der Waals surface area contributed by atoms with Crippen LogP contribution < -0.4 is 5.73 Å². The number of hydrogen-bond acceptors (Lipinski definition) is 4. The molecule has 0 bridgehead atoms. The van der Waals surface area contributed by atoms with Crippen LogP contribution in [0.4, 0.5) is 0 Å². The van der Waals surface area contributed by atoms with Crippen molar-refractivity contribution in [3.8, 4) is 10.4 Å². The number of hydrogen-bond donors (Lipinski definition) is 2. The Bertz CT molecular complexity index is 869. The highest BCUT2D eigenvalue weighted by molar-refractivity contribution is 7.16. The summed E-state index contributed by atoms with van der Waals surface area (Å²) in [6.07, 6.45) is 3.90. The number of aromatic carboxylic acids is 1. The van der Waals surface area contributed by atoms with Crippen molar-refractivity contribution in [3.05, 3.63) is 45.3 Å². The molecule has 2 heterocycles. The van der Waals surface area contributed by atoms with Crippen molar-refractivity contribution in [2.24, 2.45) is 11.1 Å². The smallest absolute Gasteiger partial charge is 0.337 e. The Hall–Kier alpha value is -1.69. The van der Waals surface area contributed by atoms with Gasteiger partial charge in [-0.1, -0.05) is 32.0 Å². The number of carbonyl (C=O) groups is 1. The van der Waals surface area contributed by atoms with Crippen LogP contribution in [0, 0.1) is 5.41 Å². The van der Waals surface area contributed by atoms with E-state index in [0.717, 1.165) is 54.8 Å². The van der Waals surface area contributed by atoms with Crippen molar-refractivity contribution in [2.45, 2.75) is 46.1 Å². The van der Waals surface area contributed by atoms with Crippen molar-refractivity contribution in [2.75, 3.05) is 13.2 Å². The highest BCUT2D eigenvalue weighted by atomic mass is 32.1. The number of thiophene rings is 1. The number of nitrogens with two attached hydrogens (primary N) is 1. The van der Waals surface area contributed by atoms with Gasteiger partial charge in [0.2, 0.25) is 0 Å². The van der Waals surface area contributed by atoms with Gasteiger partial charge in [0.05, 0.1) is 5.56 Å². The predicted octanol–water partition coefficient (Wildman–Crippen LogP) is 3.90. The Kier molecular flexibility index (Phi) is 4.41. The molecule has 2 aliphatic rings. The SMILES string of the molecule is CC1(C)CCc2sc(-c3cccc4c3CCN(CN)C4)c(C(=O)O)c2C1. The van der Waals surface area contributed by atoms with E-state index in [0.29, 0.717) is 12.2 Å². The van der Waals surface area contributed by atoms with E-state index in [2.05, 4.69) is 36.9 Å². The summed E-state index contributed by atoms with van der Waals surface area (Å²) in [6.45, 7) is 6.82. The third-order valence-electron chi connectivity index (χ3n) is 5.84. The summed E-state index contributed by atoms with van der Waals surface area (Å²) in [5.74, 6) is -0.785. The van der Waals surface area contributed by atoms with Gasteiger partial charge in [0.25, 0.3) is 0 Å². The first-order valence-electron chi connectivity index (χ1n) is 9.31. The fourth-order valence-electron chi connectivity index (χ4n) is 4.37. The molecule has 0 unspecified atom stereocenters. The molecule has 0 radical (unpaired) electrons. The number of aryl methyl sites for hydroxylation is 1. The zero-order valence-electron chi connectivity index (χ0n) is 15.5. The molecule has 138 valence electrons. The van der Waals surface area contributed by atoms with Crippen LogP contribution >= 0.6 is 11.3 Å². The van der Waals surface area contributed by atoms with Gasteiger partial charge in [-0.2, -0.15) is 0 Å². The average Bonchev–Trinajstić information content (AvgIpc) is 2.97. The van der Waals surface area contributed by atoms with Crippen molar-refractivity contribution in [3.63, 3.8) is 0 Å². The van der Waals surface area contributed by atoms with Crippen molar-refractivity contribution >= 4 is 17.3 Å². The molecule has 0 fully saturated rings. The normalized spacial score (nSPS) is 19.0. The summed E-state index contributed by atoms with van der Waals surface area (Å²) in [6, 6.07) is 6.31. The maximum atomic E-state index is 12.2. The summed E-state index contributed by atoms with van der Waals surface area (Å²) >= 11 is 1.70. The molecule has 1 aliphatic carbocycles. The van der Waals surface area contributed by atoms with Crippen LogP contribution in [0.15, 0.2) is 18.2 Å². The van der Waals surface area contributed by atoms with Gasteiger partial charge < -0.3 is 10.8 Å². The molecule has 1 aromatic heterocycles. The molecule has 0 spiro atoms. The second-order valence-electron chi connectivity index (χ2n) is 8.28. The van der Waals surface area contributed by atoms with Crippen LogP contribution in [0.3, 0.4) is 0 Å². The third-order valence-corrected chi connectivity index (χ3v) is 7.16. The quantitative estimate of drug-likeness (QED) is 0.860. The van der Waals surface area contributed by atoms with Crippen LogP contribution in [0.25, 0.3) is 10.4 Å². The van der Waals surface area contributed by atoms with Crippen molar-refractivity contribution < 1.29 is 9.90 Å². The molecular weight excluding hydrogens is 344 g/mol. The van der Waals surface area contributed by atoms with Crippen LogP contribution in [0.2, 0.25) is 0 Å². The molecule has 0 amide bonds. The highest BCUT2D eigenvalue weighted by Crippen LogP contribution is 2.46. The molecule has 5 heteroatoms. The summed E-state index contributed by atoms with van der Waals surface area (Å²) < 4.78 is 0. The maximum absolute atomic E-state index is 12.2. The standard InChI is InChI=1S/C21H26N2O2S/c1-21(2)8-6-17-16(10-21)18(20(24)25)19(26-17)15-5-3-4-13-11-23(12-22)9-7-14(13)15/h3-5H,6-12,22H2,1-2H3,(H,24,25). The summed E-state index contributed by atoms with van der Waals surface area (Å²) in [5, 5.41) is 10.0. The lowest BCUT2D eigenvalue weighted by Crippen LogP contribution is -2.35. The molecule has 1 aliphatic heterocycles.